The van der Waals surface area contributed by atoms with Gasteiger partial charge in [-0.15, -0.1) is 5.10 Å². The Labute approximate surface area is 178 Å². The minimum atomic E-state index is -4.81. The lowest BCUT2D eigenvalue weighted by atomic mass is 9.94. The van der Waals surface area contributed by atoms with Crippen LogP contribution in [0.15, 0.2) is 59.8 Å². The number of halogens is 5. The molecule has 1 aliphatic rings. The summed E-state index contributed by atoms with van der Waals surface area (Å²) in [7, 11) is 0. The second kappa shape index (κ2) is 7.69. The molecule has 11 heteroatoms. The van der Waals surface area contributed by atoms with Crippen LogP contribution in [0.1, 0.15) is 24.4 Å². The van der Waals surface area contributed by atoms with E-state index >= 15 is 0 Å². The average molecular weight is 452 g/mol. The van der Waals surface area contributed by atoms with Crippen molar-refractivity contribution in [2.45, 2.75) is 19.1 Å². The summed E-state index contributed by atoms with van der Waals surface area (Å²) in [6, 6.07) is 10.5. The standard InChI is InChI=1S/C20H14ClF4N5O/c1-10-15(17(31)27-12-8-6-11(21)7-9-12)16(13-4-2-3-5-14(13)22)30-19(26-10)28-18(29-30)20(23,24)25/h2-9,16H,1H3,(H,27,31)(H,26,28,29). The topological polar surface area (TPSA) is 71.8 Å². The SMILES string of the molecule is CC1=C(C(=O)Nc2ccc(Cl)cc2)C(c2ccccc2F)n2nc(C(F)(F)F)nc2N1. The number of hydrogen-bond acceptors (Lipinski definition) is 4. The lowest BCUT2D eigenvalue weighted by Crippen LogP contribution is -2.32. The van der Waals surface area contributed by atoms with Crippen molar-refractivity contribution in [2.24, 2.45) is 0 Å². The van der Waals surface area contributed by atoms with Gasteiger partial charge in [-0.05, 0) is 37.3 Å². The van der Waals surface area contributed by atoms with Crippen LogP contribution < -0.4 is 10.6 Å². The minimum Gasteiger partial charge on any atom is -0.328 e. The highest BCUT2D eigenvalue weighted by Gasteiger charge is 2.41. The monoisotopic (exact) mass is 451 g/mol. The number of nitrogens with zero attached hydrogens (tertiary/aromatic N) is 3. The largest absolute Gasteiger partial charge is 0.453 e. The van der Waals surface area contributed by atoms with E-state index in [2.05, 4.69) is 20.7 Å². The second-order valence-corrected chi connectivity index (χ2v) is 7.19. The summed E-state index contributed by atoms with van der Waals surface area (Å²) in [4.78, 5) is 16.6. The Morgan fingerprint density at radius 1 is 1.16 bits per heavy atom. The van der Waals surface area contributed by atoms with Gasteiger partial charge in [0.05, 0.1) is 5.57 Å². The van der Waals surface area contributed by atoms with E-state index < -0.39 is 29.8 Å². The molecule has 0 bridgehead atoms. The summed E-state index contributed by atoms with van der Waals surface area (Å²) < 4.78 is 55.2. The zero-order valence-electron chi connectivity index (χ0n) is 15.8. The van der Waals surface area contributed by atoms with Crippen LogP contribution in [0.25, 0.3) is 0 Å². The van der Waals surface area contributed by atoms with E-state index in [9.17, 15) is 22.4 Å². The first-order valence-corrected chi connectivity index (χ1v) is 9.36. The van der Waals surface area contributed by atoms with Gasteiger partial charge in [0.15, 0.2) is 0 Å². The Balaban J connectivity index is 1.82. The van der Waals surface area contributed by atoms with E-state index in [0.717, 1.165) is 10.7 Å². The van der Waals surface area contributed by atoms with Crippen molar-refractivity contribution in [3.8, 4) is 0 Å². The van der Waals surface area contributed by atoms with Crippen LogP contribution in [-0.2, 0) is 11.0 Å². The van der Waals surface area contributed by atoms with E-state index in [0.29, 0.717) is 10.7 Å². The summed E-state index contributed by atoms with van der Waals surface area (Å²) >= 11 is 5.85. The van der Waals surface area contributed by atoms with E-state index in [-0.39, 0.29) is 22.8 Å². The fourth-order valence-electron chi connectivity index (χ4n) is 3.28. The molecule has 2 heterocycles. The van der Waals surface area contributed by atoms with Crippen molar-refractivity contribution >= 4 is 29.1 Å². The lowest BCUT2D eigenvalue weighted by molar-refractivity contribution is -0.145. The van der Waals surface area contributed by atoms with Crippen LogP contribution in [0.4, 0.5) is 29.2 Å². The van der Waals surface area contributed by atoms with E-state index in [1.807, 2.05) is 0 Å². The molecule has 0 radical (unpaired) electrons. The van der Waals surface area contributed by atoms with Crippen molar-refractivity contribution in [3.05, 3.63) is 82.0 Å². The summed E-state index contributed by atoms with van der Waals surface area (Å²) in [6.07, 6.45) is -4.81. The molecule has 1 aliphatic heterocycles. The number of allylic oxidation sites excluding steroid dienone is 1. The van der Waals surface area contributed by atoms with Crippen molar-refractivity contribution < 1.29 is 22.4 Å². The molecule has 0 saturated heterocycles. The van der Waals surface area contributed by atoms with Gasteiger partial charge in [0, 0.05) is 22.0 Å². The number of hydrogen-bond donors (Lipinski definition) is 2. The third-order valence-corrected chi connectivity index (χ3v) is 4.90. The van der Waals surface area contributed by atoms with Crippen molar-refractivity contribution in [1.82, 2.24) is 14.8 Å². The highest BCUT2D eigenvalue weighted by molar-refractivity contribution is 6.30. The molecule has 1 amide bonds. The third-order valence-electron chi connectivity index (χ3n) is 4.65. The predicted octanol–water partition coefficient (Wildman–Crippen LogP) is 5.02. The van der Waals surface area contributed by atoms with Gasteiger partial charge in [0.2, 0.25) is 5.95 Å². The lowest BCUT2D eigenvalue weighted by Gasteiger charge is -2.28. The Hall–Kier alpha value is -3.40. The molecule has 0 fully saturated rings. The molecular formula is C20H14ClF4N5O. The number of rotatable bonds is 3. The maximum absolute atomic E-state index is 14.7. The molecule has 3 aromatic rings. The number of anilines is 2. The number of amides is 1. The smallest absolute Gasteiger partial charge is 0.328 e. The number of nitrogens with one attached hydrogen (secondary N) is 2. The summed E-state index contributed by atoms with van der Waals surface area (Å²) in [5.41, 5.74) is 0.589. The highest BCUT2D eigenvalue weighted by atomic mass is 35.5. The number of carbonyl (C=O) groups excluding carboxylic acids is 1. The minimum absolute atomic E-state index is 0.00817. The second-order valence-electron chi connectivity index (χ2n) is 6.75. The van der Waals surface area contributed by atoms with Gasteiger partial charge < -0.3 is 10.6 Å². The number of benzene rings is 2. The zero-order valence-corrected chi connectivity index (χ0v) is 16.6. The van der Waals surface area contributed by atoms with Gasteiger partial charge in [-0.2, -0.15) is 18.2 Å². The van der Waals surface area contributed by atoms with E-state index in [1.165, 1.54) is 25.1 Å². The van der Waals surface area contributed by atoms with Crippen LogP contribution in [-0.4, -0.2) is 20.7 Å². The molecule has 1 unspecified atom stereocenters. The first-order chi connectivity index (χ1) is 14.6. The van der Waals surface area contributed by atoms with Gasteiger partial charge in [0.25, 0.3) is 11.7 Å². The fraction of sp³-hybridized carbons (Fsp3) is 0.150. The molecule has 0 spiro atoms. The molecule has 4 rings (SSSR count). The number of carbonyl (C=O) groups is 1. The van der Waals surface area contributed by atoms with E-state index in [1.54, 1.807) is 24.3 Å². The maximum Gasteiger partial charge on any atom is 0.453 e. The van der Waals surface area contributed by atoms with Crippen LogP contribution in [0.3, 0.4) is 0 Å². The predicted molar refractivity (Wildman–Crippen MR) is 106 cm³/mol. The first-order valence-electron chi connectivity index (χ1n) is 8.98. The molecule has 160 valence electrons. The maximum atomic E-state index is 14.7. The average Bonchev–Trinajstić information content (AvgIpc) is 3.13. The zero-order chi connectivity index (χ0) is 22.3. The van der Waals surface area contributed by atoms with Crippen LogP contribution >= 0.6 is 11.6 Å². The van der Waals surface area contributed by atoms with Gasteiger partial charge >= 0.3 is 6.18 Å². The van der Waals surface area contributed by atoms with Gasteiger partial charge in [-0.1, -0.05) is 29.8 Å². The molecule has 2 N–H and O–H groups in total. The molecule has 6 nitrogen and oxygen atoms in total. The van der Waals surface area contributed by atoms with Crippen molar-refractivity contribution in [1.29, 1.82) is 0 Å². The number of aromatic nitrogens is 3. The Morgan fingerprint density at radius 3 is 2.48 bits per heavy atom. The van der Waals surface area contributed by atoms with Crippen LogP contribution in [0.2, 0.25) is 5.02 Å². The molecule has 0 saturated carbocycles. The van der Waals surface area contributed by atoms with E-state index in [4.69, 9.17) is 11.6 Å². The molecule has 0 aliphatic carbocycles. The van der Waals surface area contributed by atoms with Crippen molar-refractivity contribution in [3.63, 3.8) is 0 Å². The number of alkyl halides is 3. The molecule has 31 heavy (non-hydrogen) atoms. The van der Waals surface area contributed by atoms with Crippen molar-refractivity contribution in [2.75, 3.05) is 10.6 Å². The van der Waals surface area contributed by atoms with Gasteiger partial charge in [0.1, 0.15) is 11.9 Å². The molecule has 2 aromatic carbocycles. The summed E-state index contributed by atoms with van der Waals surface area (Å²) in [5.74, 6) is -2.99. The normalized spacial score (nSPS) is 16.0. The van der Waals surface area contributed by atoms with Gasteiger partial charge in [-0.3, -0.25) is 4.79 Å². The first kappa shape index (κ1) is 20.9. The fourth-order valence-corrected chi connectivity index (χ4v) is 3.41. The quantitative estimate of drug-likeness (QED) is 0.549. The Morgan fingerprint density at radius 2 is 1.84 bits per heavy atom. The van der Waals surface area contributed by atoms with Crippen LogP contribution in [0.5, 0.6) is 0 Å². The number of fused-ring (bicyclic) bond motifs is 1. The summed E-state index contributed by atoms with van der Waals surface area (Å²) in [6.45, 7) is 1.50. The molecule has 1 atom stereocenters. The molecule has 1 aromatic heterocycles. The molecular weight excluding hydrogens is 438 g/mol. The summed E-state index contributed by atoms with van der Waals surface area (Å²) in [5, 5.41) is 9.31. The Kier molecular flexibility index (Phi) is 5.18. The van der Waals surface area contributed by atoms with Crippen LogP contribution in [0, 0.1) is 5.82 Å². The van der Waals surface area contributed by atoms with Gasteiger partial charge in [-0.25, -0.2) is 9.07 Å². The highest BCUT2D eigenvalue weighted by Crippen LogP contribution is 2.38. The third kappa shape index (κ3) is 3.98. The Bertz CT molecular complexity index is 1190.